The number of fused-ring (bicyclic) bond motifs is 1. The van der Waals surface area contributed by atoms with Crippen LogP contribution in [0.3, 0.4) is 0 Å². The first-order chi connectivity index (χ1) is 26.1. The number of hydrogen-bond acceptors (Lipinski definition) is 11. The number of nitrogens with zero attached hydrogens (tertiary/aromatic N) is 5. The van der Waals surface area contributed by atoms with E-state index in [4.69, 9.17) is 29.5 Å². The van der Waals surface area contributed by atoms with E-state index in [-0.39, 0.29) is 37.4 Å². The summed E-state index contributed by atoms with van der Waals surface area (Å²) >= 11 is 0. The Morgan fingerprint density at radius 1 is 1.06 bits per heavy atom. The van der Waals surface area contributed by atoms with Gasteiger partial charge in [-0.05, 0) is 36.2 Å². The lowest BCUT2D eigenvalue weighted by Gasteiger charge is -2.22. The monoisotopic (exact) mass is 766 g/mol. The number of anilines is 1. The Hall–Kier alpha value is -3.90. The van der Waals surface area contributed by atoms with E-state index < -0.39 is 44.2 Å². The number of halogens is 1. The van der Waals surface area contributed by atoms with E-state index in [0.29, 0.717) is 23.2 Å². The highest BCUT2D eigenvalue weighted by atomic mass is 31.2. The van der Waals surface area contributed by atoms with E-state index in [9.17, 15) is 24.2 Å². The van der Waals surface area contributed by atoms with Gasteiger partial charge in [0.15, 0.2) is 11.4 Å². The molecule has 4 rings (SSSR count). The molecule has 3 heterocycles. The van der Waals surface area contributed by atoms with Crippen LogP contribution >= 0.6 is 7.82 Å². The molecule has 0 amide bonds. The molecule has 0 bridgehead atoms. The fourth-order valence-corrected chi connectivity index (χ4v) is 7.10. The SMILES string of the molecule is CCCCCCCCCCCCCCC#CC[C@H](COP(=O)(O)OC[C@H]1O[C@@](C#N)(c2ccc3c(N)ncnn23)C[C@@H]1O)OCc1ccc(C#N)c(F)c1. The summed E-state index contributed by atoms with van der Waals surface area (Å²) in [5, 5.41) is 34.1. The Balaban J connectivity index is 1.25. The van der Waals surface area contributed by atoms with Gasteiger partial charge in [0.1, 0.15) is 35.9 Å². The average Bonchev–Trinajstić information content (AvgIpc) is 3.75. The van der Waals surface area contributed by atoms with E-state index >= 15 is 0 Å². The fraction of sp³-hybridized carbons (Fsp3) is 0.590. The van der Waals surface area contributed by atoms with Gasteiger partial charge in [-0.15, -0.1) is 11.8 Å². The van der Waals surface area contributed by atoms with Crippen molar-refractivity contribution in [2.45, 2.75) is 134 Å². The van der Waals surface area contributed by atoms with Gasteiger partial charge in [0.2, 0.25) is 0 Å². The Bertz CT molecular complexity index is 1840. The number of aromatic nitrogens is 3. The zero-order valence-electron chi connectivity index (χ0n) is 31.0. The maximum absolute atomic E-state index is 14.2. The number of rotatable bonds is 23. The fourth-order valence-electron chi connectivity index (χ4n) is 6.34. The average molecular weight is 767 g/mol. The van der Waals surface area contributed by atoms with Crippen molar-refractivity contribution >= 4 is 19.2 Å². The summed E-state index contributed by atoms with van der Waals surface area (Å²) in [5.74, 6) is 5.73. The molecule has 0 aliphatic carbocycles. The summed E-state index contributed by atoms with van der Waals surface area (Å²) in [6.45, 7) is 1.23. The van der Waals surface area contributed by atoms with Gasteiger partial charge in [0, 0.05) is 19.3 Å². The minimum Gasteiger partial charge on any atom is -0.390 e. The molecule has 1 aliphatic rings. The lowest BCUT2D eigenvalue weighted by molar-refractivity contribution is -0.0549. The molecular formula is C39H52FN6O7P. The van der Waals surface area contributed by atoms with Crippen molar-refractivity contribution in [1.29, 1.82) is 10.5 Å². The molecule has 15 heteroatoms. The molecule has 13 nitrogen and oxygen atoms in total. The third kappa shape index (κ3) is 12.9. The van der Waals surface area contributed by atoms with E-state index in [1.165, 1.54) is 87.2 Å². The highest BCUT2D eigenvalue weighted by Gasteiger charge is 2.50. The van der Waals surface area contributed by atoms with Crippen LogP contribution in [-0.4, -0.2) is 56.1 Å². The van der Waals surface area contributed by atoms with Gasteiger partial charge in [-0.25, -0.2) is 18.5 Å². The number of phosphoric ester groups is 1. The first kappa shape index (κ1) is 42.8. The molecular weight excluding hydrogens is 714 g/mol. The van der Waals surface area contributed by atoms with Gasteiger partial charge < -0.3 is 25.2 Å². The molecule has 1 unspecified atom stereocenters. The standard InChI is InChI=1S/C39H52FN6O7P/c1-2-3-4-5-6-7-8-9-10-11-12-13-14-15-16-17-32(50-25-30-18-19-31(24-41)33(40)22-30)26-51-54(48,49)52-27-36-35(47)23-39(28-42,53-36)37-21-20-34-38(43)44-29-45-46(34)37/h18-22,29,32,35-36,47H,2-14,17,23,25-27H2,1H3,(H,48,49)(H2,43,44,45)/t32-,35+,36-,39+/m1/s1. The van der Waals surface area contributed by atoms with Crippen molar-refractivity contribution in [3.63, 3.8) is 0 Å². The highest BCUT2D eigenvalue weighted by Crippen LogP contribution is 2.46. The maximum Gasteiger partial charge on any atom is 0.472 e. The van der Waals surface area contributed by atoms with Crippen LogP contribution in [0.4, 0.5) is 10.2 Å². The zero-order chi connectivity index (χ0) is 38.8. The third-order valence-corrected chi connectivity index (χ3v) is 10.4. The molecule has 2 aromatic heterocycles. The summed E-state index contributed by atoms with van der Waals surface area (Å²) in [4.78, 5) is 14.5. The van der Waals surface area contributed by atoms with Crippen LogP contribution < -0.4 is 5.73 Å². The summed E-state index contributed by atoms with van der Waals surface area (Å²) in [7, 11) is -4.71. The second-order valence-electron chi connectivity index (χ2n) is 13.6. The van der Waals surface area contributed by atoms with Crippen LogP contribution in [-0.2, 0) is 35.3 Å². The van der Waals surface area contributed by atoms with Crippen LogP contribution in [0, 0.1) is 40.3 Å². The molecule has 0 spiro atoms. The van der Waals surface area contributed by atoms with Gasteiger partial charge in [-0.2, -0.15) is 15.6 Å². The second-order valence-corrected chi connectivity index (χ2v) is 15.1. The zero-order valence-corrected chi connectivity index (χ0v) is 31.9. The topological polar surface area (TPSA) is 198 Å². The van der Waals surface area contributed by atoms with Gasteiger partial charge in [0.25, 0.3) is 0 Å². The summed E-state index contributed by atoms with van der Waals surface area (Å²) in [5.41, 5.74) is 5.40. The van der Waals surface area contributed by atoms with Crippen molar-refractivity contribution in [1.82, 2.24) is 14.6 Å². The molecule has 4 N–H and O–H groups in total. The Morgan fingerprint density at radius 2 is 1.76 bits per heavy atom. The molecule has 1 aliphatic heterocycles. The normalized spacial score (nSPS) is 19.8. The summed E-state index contributed by atoms with van der Waals surface area (Å²) in [6, 6.07) is 11.2. The Morgan fingerprint density at radius 3 is 2.43 bits per heavy atom. The highest BCUT2D eigenvalue weighted by molar-refractivity contribution is 7.47. The molecule has 292 valence electrons. The van der Waals surface area contributed by atoms with Gasteiger partial charge in [-0.1, -0.05) is 83.6 Å². The van der Waals surface area contributed by atoms with E-state index in [0.717, 1.165) is 12.8 Å². The molecule has 54 heavy (non-hydrogen) atoms. The van der Waals surface area contributed by atoms with Crippen molar-refractivity contribution in [2.75, 3.05) is 18.9 Å². The lowest BCUT2D eigenvalue weighted by Crippen LogP contribution is -2.29. The first-order valence-corrected chi connectivity index (χ1v) is 20.3. The molecule has 0 saturated carbocycles. The minimum absolute atomic E-state index is 0.0585. The van der Waals surface area contributed by atoms with Crippen molar-refractivity contribution in [3.8, 4) is 24.0 Å². The van der Waals surface area contributed by atoms with Crippen molar-refractivity contribution in [2.24, 2.45) is 0 Å². The van der Waals surface area contributed by atoms with Crippen LogP contribution in [0.1, 0.15) is 120 Å². The van der Waals surface area contributed by atoms with E-state index in [2.05, 4.69) is 34.9 Å². The minimum atomic E-state index is -4.71. The third-order valence-electron chi connectivity index (χ3n) is 9.43. The molecule has 5 atom stereocenters. The van der Waals surface area contributed by atoms with Gasteiger partial charge in [0.05, 0.1) is 43.3 Å². The smallest absolute Gasteiger partial charge is 0.390 e. The number of nitrogens with two attached hydrogens (primary N) is 1. The van der Waals surface area contributed by atoms with Crippen LogP contribution in [0.25, 0.3) is 5.52 Å². The lowest BCUT2D eigenvalue weighted by atomic mass is 9.96. The Labute approximate surface area is 317 Å². The van der Waals surface area contributed by atoms with Gasteiger partial charge in [-0.3, -0.25) is 9.05 Å². The van der Waals surface area contributed by atoms with Crippen LogP contribution in [0.2, 0.25) is 0 Å². The number of nitriles is 2. The quantitative estimate of drug-likeness (QED) is 0.0492. The Kier molecular flexibility index (Phi) is 17.3. The number of benzene rings is 1. The van der Waals surface area contributed by atoms with Gasteiger partial charge >= 0.3 is 7.82 Å². The first-order valence-electron chi connectivity index (χ1n) is 18.8. The predicted octanol–water partition coefficient (Wildman–Crippen LogP) is 7.39. The number of hydrogen-bond donors (Lipinski definition) is 3. The molecule has 3 aromatic rings. The van der Waals surface area contributed by atoms with Crippen molar-refractivity contribution in [3.05, 3.63) is 59.3 Å². The maximum atomic E-state index is 14.2. The van der Waals surface area contributed by atoms with Crippen molar-refractivity contribution < 1.29 is 37.5 Å². The van der Waals surface area contributed by atoms with E-state index in [1.54, 1.807) is 24.3 Å². The molecule has 1 fully saturated rings. The van der Waals surface area contributed by atoms with Crippen LogP contribution in [0.15, 0.2) is 36.7 Å². The summed E-state index contributed by atoms with van der Waals surface area (Å²) in [6.07, 6.45) is 13.8. The van der Waals surface area contributed by atoms with E-state index in [1.807, 2.05) is 0 Å². The predicted molar refractivity (Wildman–Crippen MR) is 200 cm³/mol. The largest absolute Gasteiger partial charge is 0.472 e. The molecule has 1 saturated heterocycles. The molecule has 1 aromatic carbocycles. The number of phosphoric acid groups is 1. The number of aliphatic hydroxyl groups is 1. The summed E-state index contributed by atoms with van der Waals surface area (Å²) < 4.78 is 50.9. The number of aliphatic hydroxyl groups excluding tert-OH is 1. The number of ether oxygens (including phenoxy) is 2. The number of nitrogen functional groups attached to an aromatic ring is 1. The van der Waals surface area contributed by atoms with Crippen LogP contribution in [0.5, 0.6) is 0 Å². The number of unbranched alkanes of at least 4 members (excludes halogenated alkanes) is 12. The molecule has 0 radical (unpaired) electrons. The second kappa shape index (κ2) is 21.9.